The van der Waals surface area contributed by atoms with Gasteiger partial charge < -0.3 is 11.1 Å². The van der Waals surface area contributed by atoms with E-state index in [0.717, 1.165) is 0 Å². The van der Waals surface area contributed by atoms with Gasteiger partial charge in [0.05, 0.1) is 0 Å². The van der Waals surface area contributed by atoms with Crippen LogP contribution in [0, 0.1) is 6.92 Å². The smallest absolute Gasteiger partial charge is 0.270 e. The standard InChI is InChI=1S/C9H12N4O/c1-3-4-11-8(14)7-5-6(2)12-9(10)13-7/h3,5H,1,4H2,2H3,(H,11,14)(H2,10,12,13). The average molecular weight is 192 g/mol. The van der Waals surface area contributed by atoms with Crippen LogP contribution in [0.4, 0.5) is 5.95 Å². The Kier molecular flexibility index (Phi) is 3.17. The number of aromatic nitrogens is 2. The van der Waals surface area contributed by atoms with Crippen molar-refractivity contribution in [3.8, 4) is 0 Å². The van der Waals surface area contributed by atoms with Crippen LogP contribution >= 0.6 is 0 Å². The fraction of sp³-hybridized carbons (Fsp3) is 0.222. The van der Waals surface area contributed by atoms with Crippen LogP contribution < -0.4 is 11.1 Å². The molecule has 0 aliphatic carbocycles. The lowest BCUT2D eigenvalue weighted by Crippen LogP contribution is -2.24. The maximum absolute atomic E-state index is 11.4. The minimum atomic E-state index is -0.276. The Hall–Kier alpha value is -1.91. The summed E-state index contributed by atoms with van der Waals surface area (Å²) in [5, 5.41) is 2.60. The Morgan fingerprint density at radius 2 is 2.43 bits per heavy atom. The van der Waals surface area contributed by atoms with Gasteiger partial charge in [-0.1, -0.05) is 6.08 Å². The number of anilines is 1. The second-order valence-electron chi connectivity index (χ2n) is 2.75. The molecule has 0 unspecified atom stereocenters. The number of nitrogens with zero attached hydrogens (tertiary/aromatic N) is 2. The van der Waals surface area contributed by atoms with Crippen molar-refractivity contribution in [2.45, 2.75) is 6.92 Å². The summed E-state index contributed by atoms with van der Waals surface area (Å²) in [5.74, 6) is -0.171. The Morgan fingerprint density at radius 1 is 1.71 bits per heavy atom. The van der Waals surface area contributed by atoms with Gasteiger partial charge in [-0.15, -0.1) is 6.58 Å². The van der Waals surface area contributed by atoms with E-state index in [9.17, 15) is 4.79 Å². The lowest BCUT2D eigenvalue weighted by Gasteiger charge is -2.02. The van der Waals surface area contributed by atoms with Gasteiger partial charge in [0.25, 0.3) is 5.91 Å². The molecule has 3 N–H and O–H groups in total. The monoisotopic (exact) mass is 192 g/mol. The largest absolute Gasteiger partial charge is 0.368 e. The van der Waals surface area contributed by atoms with Crippen molar-refractivity contribution in [3.05, 3.63) is 30.1 Å². The zero-order valence-corrected chi connectivity index (χ0v) is 7.95. The van der Waals surface area contributed by atoms with Crippen molar-refractivity contribution in [3.63, 3.8) is 0 Å². The molecule has 0 atom stereocenters. The number of nitrogens with one attached hydrogen (secondary N) is 1. The first-order chi connectivity index (χ1) is 6.63. The molecule has 0 saturated carbocycles. The van der Waals surface area contributed by atoms with E-state index in [1.54, 1.807) is 19.1 Å². The molecule has 1 rings (SSSR count). The first kappa shape index (κ1) is 10.2. The molecule has 5 heteroatoms. The maximum Gasteiger partial charge on any atom is 0.270 e. The summed E-state index contributed by atoms with van der Waals surface area (Å²) in [6.45, 7) is 5.65. The zero-order chi connectivity index (χ0) is 10.6. The summed E-state index contributed by atoms with van der Waals surface area (Å²) < 4.78 is 0. The van der Waals surface area contributed by atoms with Gasteiger partial charge in [0, 0.05) is 12.2 Å². The van der Waals surface area contributed by atoms with Crippen molar-refractivity contribution in [2.24, 2.45) is 0 Å². The van der Waals surface area contributed by atoms with Crippen molar-refractivity contribution in [2.75, 3.05) is 12.3 Å². The van der Waals surface area contributed by atoms with E-state index in [4.69, 9.17) is 5.73 Å². The lowest BCUT2D eigenvalue weighted by atomic mass is 10.3. The van der Waals surface area contributed by atoms with Gasteiger partial charge in [-0.25, -0.2) is 9.97 Å². The number of amides is 1. The molecule has 0 aromatic carbocycles. The van der Waals surface area contributed by atoms with E-state index < -0.39 is 0 Å². The molecule has 1 amide bonds. The summed E-state index contributed by atoms with van der Waals surface area (Å²) in [7, 11) is 0. The molecule has 0 aliphatic heterocycles. The second-order valence-corrected chi connectivity index (χ2v) is 2.75. The first-order valence-corrected chi connectivity index (χ1v) is 4.13. The molecule has 0 bridgehead atoms. The van der Waals surface area contributed by atoms with E-state index in [1.807, 2.05) is 0 Å². The van der Waals surface area contributed by atoms with E-state index in [0.29, 0.717) is 12.2 Å². The van der Waals surface area contributed by atoms with Crippen molar-refractivity contribution < 1.29 is 4.79 Å². The molecule has 1 aromatic rings. The molecule has 1 heterocycles. The van der Waals surface area contributed by atoms with Gasteiger partial charge in [0.2, 0.25) is 5.95 Å². The number of hydrogen-bond donors (Lipinski definition) is 2. The highest BCUT2D eigenvalue weighted by molar-refractivity contribution is 5.92. The molecule has 0 fully saturated rings. The Labute approximate surface area is 82.1 Å². The Bertz CT molecular complexity index is 342. The number of carbonyl (C=O) groups is 1. The van der Waals surface area contributed by atoms with Crippen LogP contribution in [-0.2, 0) is 0 Å². The molecule has 0 saturated heterocycles. The number of hydrogen-bond acceptors (Lipinski definition) is 4. The predicted molar refractivity (Wildman–Crippen MR) is 53.7 cm³/mol. The third kappa shape index (κ3) is 2.55. The third-order valence-electron chi connectivity index (χ3n) is 1.51. The van der Waals surface area contributed by atoms with Gasteiger partial charge in [-0.2, -0.15) is 0 Å². The van der Waals surface area contributed by atoms with Gasteiger partial charge in [-0.05, 0) is 13.0 Å². The number of aryl methyl sites for hydroxylation is 1. The fourth-order valence-corrected chi connectivity index (χ4v) is 0.963. The second kappa shape index (κ2) is 4.36. The van der Waals surface area contributed by atoms with Crippen molar-refractivity contribution >= 4 is 11.9 Å². The van der Waals surface area contributed by atoms with Gasteiger partial charge >= 0.3 is 0 Å². The summed E-state index contributed by atoms with van der Waals surface area (Å²) in [6.07, 6.45) is 1.59. The van der Waals surface area contributed by atoms with Gasteiger partial charge in [0.1, 0.15) is 5.69 Å². The normalized spacial score (nSPS) is 9.50. The summed E-state index contributed by atoms with van der Waals surface area (Å²) in [6, 6.07) is 1.58. The van der Waals surface area contributed by atoms with Crippen LogP contribution in [-0.4, -0.2) is 22.4 Å². The minimum Gasteiger partial charge on any atom is -0.368 e. The minimum absolute atomic E-state index is 0.105. The topological polar surface area (TPSA) is 80.9 Å². The van der Waals surface area contributed by atoms with Crippen LogP contribution in [0.2, 0.25) is 0 Å². The van der Waals surface area contributed by atoms with E-state index in [1.165, 1.54) is 0 Å². The molecular weight excluding hydrogens is 180 g/mol. The highest BCUT2D eigenvalue weighted by Gasteiger charge is 2.07. The molecule has 1 aromatic heterocycles. The third-order valence-corrected chi connectivity index (χ3v) is 1.51. The lowest BCUT2D eigenvalue weighted by molar-refractivity contribution is 0.0953. The number of rotatable bonds is 3. The first-order valence-electron chi connectivity index (χ1n) is 4.13. The van der Waals surface area contributed by atoms with Crippen molar-refractivity contribution in [1.29, 1.82) is 0 Å². The van der Waals surface area contributed by atoms with Gasteiger partial charge in [-0.3, -0.25) is 4.79 Å². The molecule has 0 aliphatic rings. The van der Waals surface area contributed by atoms with E-state index in [-0.39, 0.29) is 17.5 Å². The van der Waals surface area contributed by atoms with Crippen molar-refractivity contribution in [1.82, 2.24) is 15.3 Å². The fourth-order valence-electron chi connectivity index (χ4n) is 0.963. The molecule has 74 valence electrons. The van der Waals surface area contributed by atoms with Gasteiger partial charge in [0.15, 0.2) is 0 Å². The number of nitrogen functional groups attached to an aromatic ring is 1. The molecule has 14 heavy (non-hydrogen) atoms. The maximum atomic E-state index is 11.4. The van der Waals surface area contributed by atoms with Crippen LogP contribution in [0.1, 0.15) is 16.2 Å². The summed E-state index contributed by atoms with van der Waals surface area (Å²) in [5.41, 5.74) is 6.35. The van der Waals surface area contributed by atoms with Crippen LogP contribution in [0.3, 0.4) is 0 Å². The van der Waals surface area contributed by atoms with Crippen LogP contribution in [0.15, 0.2) is 18.7 Å². The quantitative estimate of drug-likeness (QED) is 0.674. The molecule has 0 spiro atoms. The molecular formula is C9H12N4O. The number of carbonyl (C=O) groups excluding carboxylic acids is 1. The number of nitrogens with two attached hydrogens (primary N) is 1. The van der Waals surface area contributed by atoms with Crippen LogP contribution in [0.5, 0.6) is 0 Å². The average Bonchev–Trinajstić information content (AvgIpc) is 2.12. The zero-order valence-electron chi connectivity index (χ0n) is 7.95. The highest BCUT2D eigenvalue weighted by atomic mass is 16.1. The van der Waals surface area contributed by atoms with E-state index >= 15 is 0 Å². The Balaban J connectivity index is 2.84. The highest BCUT2D eigenvalue weighted by Crippen LogP contribution is 2.01. The molecule has 5 nitrogen and oxygen atoms in total. The molecule has 0 radical (unpaired) electrons. The summed E-state index contributed by atoms with van der Waals surface area (Å²) >= 11 is 0. The van der Waals surface area contributed by atoms with E-state index in [2.05, 4.69) is 21.9 Å². The SMILES string of the molecule is C=CCNC(=O)c1cc(C)nc(N)n1. The Morgan fingerprint density at radius 3 is 3.00 bits per heavy atom. The van der Waals surface area contributed by atoms with Crippen LogP contribution in [0.25, 0.3) is 0 Å². The predicted octanol–water partition coefficient (Wildman–Crippen LogP) is 0.283. The summed E-state index contributed by atoms with van der Waals surface area (Å²) in [4.78, 5) is 19.1.